The monoisotopic (exact) mass is 193 g/mol. The molecule has 78 valence electrons. The Hall–Kier alpha value is -0.830. The Bertz CT molecular complexity index is 328. The SMILES string of the molecule is CCn1nc2c(c1C)CCC(CN)C2. The van der Waals surface area contributed by atoms with Crippen molar-refractivity contribution in [3.8, 4) is 0 Å². The highest BCUT2D eigenvalue weighted by atomic mass is 15.3. The van der Waals surface area contributed by atoms with Crippen LogP contribution in [-0.2, 0) is 19.4 Å². The summed E-state index contributed by atoms with van der Waals surface area (Å²) in [6.45, 7) is 6.10. The van der Waals surface area contributed by atoms with E-state index >= 15 is 0 Å². The Balaban J connectivity index is 2.30. The second-order valence-electron chi connectivity index (χ2n) is 4.17. The third-order valence-corrected chi connectivity index (χ3v) is 3.33. The average Bonchev–Trinajstić information content (AvgIpc) is 2.55. The molecule has 0 bridgehead atoms. The van der Waals surface area contributed by atoms with Crippen molar-refractivity contribution >= 4 is 0 Å². The largest absolute Gasteiger partial charge is 0.330 e. The molecule has 0 spiro atoms. The molecule has 2 rings (SSSR count). The molecule has 1 heterocycles. The van der Waals surface area contributed by atoms with Gasteiger partial charge in [-0.25, -0.2) is 0 Å². The van der Waals surface area contributed by atoms with Crippen LogP contribution in [0.15, 0.2) is 0 Å². The number of fused-ring (bicyclic) bond motifs is 1. The van der Waals surface area contributed by atoms with Crippen LogP contribution < -0.4 is 5.73 Å². The van der Waals surface area contributed by atoms with Crippen LogP contribution in [0, 0.1) is 12.8 Å². The molecule has 0 saturated carbocycles. The van der Waals surface area contributed by atoms with Crippen molar-refractivity contribution in [3.05, 3.63) is 17.0 Å². The zero-order chi connectivity index (χ0) is 10.1. The van der Waals surface area contributed by atoms with Crippen molar-refractivity contribution in [1.29, 1.82) is 0 Å². The van der Waals surface area contributed by atoms with Gasteiger partial charge in [0.25, 0.3) is 0 Å². The predicted molar refractivity (Wildman–Crippen MR) is 57.2 cm³/mol. The molecule has 1 atom stereocenters. The molecule has 1 aliphatic carbocycles. The Kier molecular flexibility index (Phi) is 2.59. The molecule has 1 aliphatic rings. The van der Waals surface area contributed by atoms with Gasteiger partial charge in [-0.05, 0) is 51.1 Å². The highest BCUT2D eigenvalue weighted by Gasteiger charge is 2.22. The standard InChI is InChI=1S/C11H19N3/c1-3-14-8(2)10-5-4-9(7-12)6-11(10)13-14/h9H,3-7,12H2,1-2H3. The molecule has 1 aromatic rings. The van der Waals surface area contributed by atoms with Crippen molar-refractivity contribution < 1.29 is 0 Å². The van der Waals surface area contributed by atoms with Crippen molar-refractivity contribution in [2.45, 2.75) is 39.7 Å². The summed E-state index contributed by atoms with van der Waals surface area (Å²) in [6, 6.07) is 0. The van der Waals surface area contributed by atoms with Crippen LogP contribution in [0.3, 0.4) is 0 Å². The maximum atomic E-state index is 5.70. The minimum atomic E-state index is 0.655. The van der Waals surface area contributed by atoms with Crippen LogP contribution in [0.25, 0.3) is 0 Å². The summed E-state index contributed by atoms with van der Waals surface area (Å²) in [5.74, 6) is 0.655. The van der Waals surface area contributed by atoms with E-state index in [1.807, 2.05) is 0 Å². The van der Waals surface area contributed by atoms with Crippen LogP contribution in [0.4, 0.5) is 0 Å². The van der Waals surface area contributed by atoms with Crippen LogP contribution in [0.1, 0.15) is 30.3 Å². The fourth-order valence-corrected chi connectivity index (χ4v) is 2.37. The Morgan fingerprint density at radius 3 is 3.00 bits per heavy atom. The van der Waals surface area contributed by atoms with Crippen LogP contribution in [0.5, 0.6) is 0 Å². The minimum Gasteiger partial charge on any atom is -0.330 e. The molecule has 3 heteroatoms. The van der Waals surface area contributed by atoms with E-state index in [0.29, 0.717) is 5.92 Å². The van der Waals surface area contributed by atoms with Gasteiger partial charge in [0.05, 0.1) is 5.69 Å². The number of rotatable bonds is 2. The first-order valence-electron chi connectivity index (χ1n) is 5.51. The third-order valence-electron chi connectivity index (χ3n) is 3.33. The minimum absolute atomic E-state index is 0.655. The first-order valence-corrected chi connectivity index (χ1v) is 5.51. The Morgan fingerprint density at radius 2 is 2.36 bits per heavy atom. The molecule has 1 aromatic heterocycles. The summed E-state index contributed by atoms with van der Waals surface area (Å²) in [6.07, 6.45) is 3.49. The average molecular weight is 193 g/mol. The molecule has 0 fully saturated rings. The van der Waals surface area contributed by atoms with Crippen LogP contribution in [-0.4, -0.2) is 16.3 Å². The lowest BCUT2D eigenvalue weighted by atomic mass is 9.87. The number of aryl methyl sites for hydroxylation is 1. The number of aromatic nitrogens is 2. The second-order valence-corrected chi connectivity index (χ2v) is 4.17. The first-order chi connectivity index (χ1) is 6.76. The van der Waals surface area contributed by atoms with E-state index in [4.69, 9.17) is 5.73 Å². The summed E-state index contributed by atoms with van der Waals surface area (Å²) in [4.78, 5) is 0. The van der Waals surface area contributed by atoms with Crippen LogP contribution >= 0.6 is 0 Å². The molecule has 0 aromatic carbocycles. The fourth-order valence-electron chi connectivity index (χ4n) is 2.37. The summed E-state index contributed by atoms with van der Waals surface area (Å²) in [5, 5.41) is 4.63. The molecule has 2 N–H and O–H groups in total. The van der Waals surface area contributed by atoms with Crippen molar-refractivity contribution in [2.75, 3.05) is 6.54 Å². The van der Waals surface area contributed by atoms with Gasteiger partial charge in [0, 0.05) is 12.2 Å². The van der Waals surface area contributed by atoms with Gasteiger partial charge in [-0.15, -0.1) is 0 Å². The molecule has 0 aliphatic heterocycles. The topological polar surface area (TPSA) is 43.8 Å². The van der Waals surface area contributed by atoms with Gasteiger partial charge < -0.3 is 5.73 Å². The summed E-state index contributed by atoms with van der Waals surface area (Å²) in [5.41, 5.74) is 9.84. The van der Waals surface area contributed by atoms with Crippen molar-refractivity contribution in [2.24, 2.45) is 11.7 Å². The Labute approximate surface area is 85.3 Å². The molecule has 0 amide bonds. The normalized spacial score (nSPS) is 20.9. The highest BCUT2D eigenvalue weighted by molar-refractivity contribution is 5.28. The molecule has 0 radical (unpaired) electrons. The van der Waals surface area contributed by atoms with Gasteiger partial charge in [-0.2, -0.15) is 5.10 Å². The molecular formula is C11H19N3. The third kappa shape index (κ3) is 1.46. The maximum absolute atomic E-state index is 5.70. The summed E-state index contributed by atoms with van der Waals surface area (Å²) >= 11 is 0. The molecule has 1 unspecified atom stereocenters. The molecule has 0 saturated heterocycles. The fraction of sp³-hybridized carbons (Fsp3) is 0.727. The van der Waals surface area contributed by atoms with Crippen molar-refractivity contribution in [3.63, 3.8) is 0 Å². The van der Waals surface area contributed by atoms with E-state index in [1.54, 1.807) is 0 Å². The molecule has 14 heavy (non-hydrogen) atoms. The lowest BCUT2D eigenvalue weighted by Gasteiger charge is -2.19. The van der Waals surface area contributed by atoms with Gasteiger partial charge in [0.1, 0.15) is 0 Å². The van der Waals surface area contributed by atoms with Gasteiger partial charge in [0.15, 0.2) is 0 Å². The number of nitrogens with zero attached hydrogens (tertiary/aromatic N) is 2. The number of hydrogen-bond acceptors (Lipinski definition) is 2. The summed E-state index contributed by atoms with van der Waals surface area (Å²) < 4.78 is 2.11. The van der Waals surface area contributed by atoms with Gasteiger partial charge in [-0.1, -0.05) is 0 Å². The molecular weight excluding hydrogens is 174 g/mol. The number of nitrogens with two attached hydrogens (primary N) is 1. The van der Waals surface area contributed by atoms with Crippen molar-refractivity contribution in [1.82, 2.24) is 9.78 Å². The van der Waals surface area contributed by atoms with Gasteiger partial charge in [-0.3, -0.25) is 4.68 Å². The maximum Gasteiger partial charge on any atom is 0.0662 e. The highest BCUT2D eigenvalue weighted by Crippen LogP contribution is 2.26. The van der Waals surface area contributed by atoms with Crippen LogP contribution in [0.2, 0.25) is 0 Å². The summed E-state index contributed by atoms with van der Waals surface area (Å²) in [7, 11) is 0. The van der Waals surface area contributed by atoms with E-state index < -0.39 is 0 Å². The lowest BCUT2D eigenvalue weighted by Crippen LogP contribution is -2.22. The second kappa shape index (κ2) is 3.73. The zero-order valence-corrected chi connectivity index (χ0v) is 9.08. The van der Waals surface area contributed by atoms with E-state index in [2.05, 4.69) is 23.6 Å². The Morgan fingerprint density at radius 1 is 1.57 bits per heavy atom. The van der Waals surface area contributed by atoms with E-state index in [-0.39, 0.29) is 0 Å². The zero-order valence-electron chi connectivity index (χ0n) is 9.08. The van der Waals surface area contributed by atoms with E-state index in [9.17, 15) is 0 Å². The quantitative estimate of drug-likeness (QED) is 0.769. The first kappa shape index (κ1) is 9.71. The molecule has 3 nitrogen and oxygen atoms in total. The predicted octanol–water partition coefficient (Wildman–Crippen LogP) is 1.28. The lowest BCUT2D eigenvalue weighted by molar-refractivity contribution is 0.462. The number of hydrogen-bond donors (Lipinski definition) is 1. The van der Waals surface area contributed by atoms with Gasteiger partial charge >= 0.3 is 0 Å². The van der Waals surface area contributed by atoms with E-state index in [0.717, 1.165) is 19.5 Å². The van der Waals surface area contributed by atoms with E-state index in [1.165, 1.54) is 29.8 Å². The smallest absolute Gasteiger partial charge is 0.0662 e. The van der Waals surface area contributed by atoms with Gasteiger partial charge in [0.2, 0.25) is 0 Å².